The molecule has 0 aliphatic carbocycles. The molecule has 0 aliphatic rings. The minimum absolute atomic E-state index is 0.226. The first-order chi connectivity index (χ1) is 9.86. The van der Waals surface area contributed by atoms with Crippen LogP contribution >= 0.6 is 11.6 Å². The van der Waals surface area contributed by atoms with Gasteiger partial charge in [-0.2, -0.15) is 18.3 Å². The van der Waals surface area contributed by atoms with Gasteiger partial charge in [0.2, 0.25) is 0 Å². The van der Waals surface area contributed by atoms with Crippen LogP contribution in [0.15, 0.2) is 47.7 Å². The number of hydrogen-bond acceptors (Lipinski definition) is 3. The number of nitrogens with one attached hydrogen (secondary N) is 1. The highest BCUT2D eigenvalue weighted by atomic mass is 35.5. The van der Waals surface area contributed by atoms with Gasteiger partial charge in [-0.1, -0.05) is 23.7 Å². The third-order valence-electron chi connectivity index (χ3n) is 2.67. The third kappa shape index (κ3) is 4.19. The van der Waals surface area contributed by atoms with Crippen LogP contribution in [0.5, 0.6) is 0 Å². The minimum Gasteiger partial charge on any atom is -0.261 e. The van der Waals surface area contributed by atoms with Crippen molar-refractivity contribution in [3.63, 3.8) is 0 Å². The molecule has 0 atom stereocenters. The smallest absolute Gasteiger partial charge is 0.261 e. The Morgan fingerprint density at radius 3 is 2.57 bits per heavy atom. The highest BCUT2D eigenvalue weighted by Crippen LogP contribution is 2.28. The second kappa shape index (κ2) is 6.13. The molecule has 0 radical (unpaired) electrons. The normalized spacial score (nSPS) is 12.3. The molecule has 0 fully saturated rings. The van der Waals surface area contributed by atoms with Crippen LogP contribution in [0.1, 0.15) is 18.1 Å². The summed E-state index contributed by atoms with van der Waals surface area (Å²) in [5.74, 6) is 0.226. The third-order valence-corrected chi connectivity index (χ3v) is 2.91. The molecular weight excluding hydrogens is 303 g/mol. The first-order valence-electron chi connectivity index (χ1n) is 5.96. The molecule has 0 bridgehead atoms. The van der Waals surface area contributed by atoms with Crippen molar-refractivity contribution in [2.75, 3.05) is 5.43 Å². The summed E-state index contributed by atoms with van der Waals surface area (Å²) in [7, 11) is 0. The number of hydrogen-bond donors (Lipinski definition) is 1. The number of hydrazone groups is 1. The van der Waals surface area contributed by atoms with Gasteiger partial charge >= 0.3 is 6.18 Å². The van der Waals surface area contributed by atoms with E-state index in [1.807, 2.05) is 6.07 Å². The number of alkyl halides is 3. The van der Waals surface area contributed by atoms with Gasteiger partial charge in [-0.25, -0.2) is 4.98 Å². The molecule has 0 saturated heterocycles. The van der Waals surface area contributed by atoms with Crippen molar-refractivity contribution in [1.82, 2.24) is 4.98 Å². The molecule has 0 saturated carbocycles. The lowest BCUT2D eigenvalue weighted by Crippen LogP contribution is -2.06. The molecule has 0 aliphatic heterocycles. The lowest BCUT2D eigenvalue weighted by atomic mass is 10.1. The van der Waals surface area contributed by atoms with E-state index < -0.39 is 11.7 Å². The van der Waals surface area contributed by atoms with Gasteiger partial charge in [0.25, 0.3) is 0 Å². The fourth-order valence-corrected chi connectivity index (χ4v) is 1.74. The van der Waals surface area contributed by atoms with E-state index >= 15 is 0 Å². The van der Waals surface area contributed by atoms with Crippen molar-refractivity contribution < 1.29 is 13.2 Å². The summed E-state index contributed by atoms with van der Waals surface area (Å²) >= 11 is 5.87. The highest BCUT2D eigenvalue weighted by molar-refractivity contribution is 6.31. The molecule has 1 N–H and O–H groups in total. The lowest BCUT2D eigenvalue weighted by molar-refractivity contribution is -0.137. The number of benzene rings is 1. The second-order valence-corrected chi connectivity index (χ2v) is 4.69. The molecule has 3 nitrogen and oxygen atoms in total. The molecule has 21 heavy (non-hydrogen) atoms. The molecule has 2 aromatic rings. The molecule has 0 unspecified atom stereocenters. The van der Waals surface area contributed by atoms with E-state index in [4.69, 9.17) is 11.6 Å². The summed E-state index contributed by atoms with van der Waals surface area (Å²) in [4.78, 5) is 3.66. The van der Waals surface area contributed by atoms with Crippen LogP contribution in [0.2, 0.25) is 5.02 Å². The number of anilines is 1. The topological polar surface area (TPSA) is 37.3 Å². The number of halogens is 4. The van der Waals surface area contributed by atoms with Crippen molar-refractivity contribution in [1.29, 1.82) is 0 Å². The number of aromatic nitrogens is 1. The average Bonchev–Trinajstić information content (AvgIpc) is 2.44. The standard InChI is InChI=1S/C14H11ClF3N3/c1-9(10-3-2-4-12(15)7-10)20-21-13-6-5-11(8-19-13)14(16,17)18/h2-8H,1H3,(H,19,21)/b20-9+. The number of pyridine rings is 1. The maximum Gasteiger partial charge on any atom is 0.417 e. The Morgan fingerprint density at radius 1 is 1.24 bits per heavy atom. The first-order valence-corrected chi connectivity index (χ1v) is 6.33. The van der Waals surface area contributed by atoms with E-state index in [2.05, 4.69) is 15.5 Å². The van der Waals surface area contributed by atoms with Crippen LogP contribution < -0.4 is 5.43 Å². The molecule has 0 amide bonds. The van der Waals surface area contributed by atoms with E-state index in [1.54, 1.807) is 25.1 Å². The Balaban J connectivity index is 2.10. The lowest BCUT2D eigenvalue weighted by Gasteiger charge is -2.07. The summed E-state index contributed by atoms with van der Waals surface area (Å²) in [5, 5.41) is 4.64. The number of nitrogens with zero attached hydrogens (tertiary/aromatic N) is 2. The van der Waals surface area contributed by atoms with Gasteiger partial charge < -0.3 is 0 Å². The van der Waals surface area contributed by atoms with Crippen LogP contribution in [0.4, 0.5) is 19.0 Å². The van der Waals surface area contributed by atoms with E-state index in [9.17, 15) is 13.2 Å². The first kappa shape index (κ1) is 15.3. The summed E-state index contributed by atoms with van der Waals surface area (Å²) < 4.78 is 37.2. The molecule has 7 heteroatoms. The van der Waals surface area contributed by atoms with Crippen LogP contribution in [-0.2, 0) is 6.18 Å². The van der Waals surface area contributed by atoms with E-state index in [0.29, 0.717) is 10.7 Å². The Hall–Kier alpha value is -2.08. The molecular formula is C14H11ClF3N3. The predicted octanol–water partition coefficient (Wildman–Crippen LogP) is 4.59. The Kier molecular flexibility index (Phi) is 4.47. The van der Waals surface area contributed by atoms with E-state index in [1.165, 1.54) is 6.07 Å². The molecule has 110 valence electrons. The van der Waals surface area contributed by atoms with Gasteiger partial charge in [0.15, 0.2) is 0 Å². The van der Waals surface area contributed by atoms with Gasteiger partial charge in [0.1, 0.15) is 5.82 Å². The van der Waals surface area contributed by atoms with Crippen LogP contribution in [-0.4, -0.2) is 10.7 Å². The number of rotatable bonds is 3. The summed E-state index contributed by atoms with van der Waals surface area (Å²) in [5.41, 5.74) is 3.25. The molecule has 2 rings (SSSR count). The van der Waals surface area contributed by atoms with Crippen molar-refractivity contribution in [3.05, 3.63) is 58.7 Å². The van der Waals surface area contributed by atoms with Gasteiger partial charge in [0, 0.05) is 11.2 Å². The second-order valence-electron chi connectivity index (χ2n) is 4.25. The molecule has 1 aromatic heterocycles. The zero-order valence-electron chi connectivity index (χ0n) is 10.9. The summed E-state index contributed by atoms with van der Waals surface area (Å²) in [6, 6.07) is 9.25. The van der Waals surface area contributed by atoms with E-state index in [0.717, 1.165) is 17.8 Å². The molecule has 1 aromatic carbocycles. The van der Waals surface area contributed by atoms with Crippen molar-refractivity contribution in [3.8, 4) is 0 Å². The maximum atomic E-state index is 12.4. The SMILES string of the molecule is C/C(=N\Nc1ccc(C(F)(F)F)cn1)c1cccc(Cl)c1. The van der Waals surface area contributed by atoms with Gasteiger partial charge in [0.05, 0.1) is 11.3 Å². The predicted molar refractivity (Wildman–Crippen MR) is 76.5 cm³/mol. The molecule has 0 spiro atoms. The zero-order chi connectivity index (χ0) is 15.5. The van der Waals surface area contributed by atoms with Crippen LogP contribution in [0.25, 0.3) is 0 Å². The Labute approximate surface area is 124 Å². The Bertz CT molecular complexity index is 651. The fourth-order valence-electron chi connectivity index (χ4n) is 1.55. The zero-order valence-corrected chi connectivity index (χ0v) is 11.7. The van der Waals surface area contributed by atoms with Gasteiger partial charge in [-0.15, -0.1) is 0 Å². The summed E-state index contributed by atoms with van der Waals surface area (Å²) in [6.45, 7) is 1.75. The molecule has 1 heterocycles. The van der Waals surface area contributed by atoms with Gasteiger partial charge in [-0.05, 0) is 36.8 Å². The van der Waals surface area contributed by atoms with Crippen molar-refractivity contribution in [2.24, 2.45) is 5.10 Å². The summed E-state index contributed by atoms with van der Waals surface area (Å²) in [6.07, 6.45) is -3.64. The van der Waals surface area contributed by atoms with Crippen LogP contribution in [0.3, 0.4) is 0 Å². The largest absolute Gasteiger partial charge is 0.417 e. The van der Waals surface area contributed by atoms with E-state index in [-0.39, 0.29) is 5.82 Å². The minimum atomic E-state index is -4.40. The van der Waals surface area contributed by atoms with Crippen LogP contribution in [0, 0.1) is 0 Å². The van der Waals surface area contributed by atoms with Crippen molar-refractivity contribution >= 4 is 23.1 Å². The Morgan fingerprint density at radius 2 is 2.00 bits per heavy atom. The highest BCUT2D eigenvalue weighted by Gasteiger charge is 2.30. The van der Waals surface area contributed by atoms with Crippen molar-refractivity contribution in [2.45, 2.75) is 13.1 Å². The maximum absolute atomic E-state index is 12.4. The average molecular weight is 314 g/mol. The monoisotopic (exact) mass is 313 g/mol. The fraction of sp³-hybridized carbons (Fsp3) is 0.143. The van der Waals surface area contributed by atoms with Gasteiger partial charge in [-0.3, -0.25) is 5.43 Å². The quantitative estimate of drug-likeness (QED) is 0.664.